The van der Waals surface area contributed by atoms with Gasteiger partial charge < -0.3 is 5.11 Å². The van der Waals surface area contributed by atoms with Crippen LogP contribution in [0.5, 0.6) is 0 Å². The second-order valence-corrected chi connectivity index (χ2v) is 8.81. The molecule has 1 fully saturated rings. The highest BCUT2D eigenvalue weighted by atomic mass is 19.1. The van der Waals surface area contributed by atoms with Gasteiger partial charge in [-0.2, -0.15) is 5.10 Å². The molecule has 34 heavy (non-hydrogen) atoms. The van der Waals surface area contributed by atoms with Gasteiger partial charge >= 0.3 is 0 Å². The number of piperidine rings is 1. The van der Waals surface area contributed by atoms with E-state index in [-0.39, 0.29) is 17.9 Å². The number of likely N-dealkylation sites (tertiary alicyclic amines) is 1. The lowest BCUT2D eigenvalue weighted by atomic mass is 9.91. The molecule has 4 aromatic rings. The first kappa shape index (κ1) is 22.1. The number of aliphatic hydroxyl groups is 1. The Morgan fingerprint density at radius 2 is 1.88 bits per heavy atom. The maximum atomic E-state index is 13.2. The Labute approximate surface area is 194 Å². The van der Waals surface area contributed by atoms with Crippen molar-refractivity contribution in [1.29, 1.82) is 0 Å². The van der Waals surface area contributed by atoms with Crippen LogP contribution in [-0.2, 0) is 13.1 Å². The van der Waals surface area contributed by atoms with E-state index in [1.54, 1.807) is 18.2 Å². The number of carbonyl (C=O) groups excluding carboxylic acids is 1. The predicted molar refractivity (Wildman–Crippen MR) is 124 cm³/mol. The Morgan fingerprint density at radius 3 is 2.62 bits per heavy atom. The van der Waals surface area contributed by atoms with Crippen LogP contribution >= 0.6 is 0 Å². The van der Waals surface area contributed by atoms with Crippen LogP contribution in [0.15, 0.2) is 65.8 Å². The van der Waals surface area contributed by atoms with Crippen LogP contribution in [-0.4, -0.2) is 54.3 Å². The van der Waals surface area contributed by atoms with Gasteiger partial charge in [-0.1, -0.05) is 18.2 Å². The van der Waals surface area contributed by atoms with Gasteiger partial charge in [0.1, 0.15) is 23.8 Å². The molecule has 0 aliphatic carbocycles. The zero-order valence-electron chi connectivity index (χ0n) is 18.5. The van der Waals surface area contributed by atoms with Crippen molar-refractivity contribution in [2.24, 2.45) is 0 Å². The number of hydrogen-bond acceptors (Lipinski definition) is 6. The summed E-state index contributed by atoms with van der Waals surface area (Å²) in [4.78, 5) is 30.7. The standard InChI is InChI=1S/C25H24FN5O3/c26-20-4-6-21(7-5-20)31-23-22(13-28-31)24(33)30(17-27-23)16-25(34)8-10-29(11-9-25)14-18-2-1-3-19(12-18)15-32/h1-7,12-13,15,17,34H,8-11,14,16H2. The Morgan fingerprint density at radius 1 is 1.12 bits per heavy atom. The molecule has 2 aromatic heterocycles. The highest BCUT2D eigenvalue weighted by molar-refractivity contribution is 5.75. The molecular formula is C25H24FN5O3. The van der Waals surface area contributed by atoms with Gasteiger partial charge in [-0.05, 0) is 48.7 Å². The van der Waals surface area contributed by atoms with Crippen LogP contribution in [0.2, 0.25) is 0 Å². The average molecular weight is 461 g/mol. The van der Waals surface area contributed by atoms with Gasteiger partial charge in [-0.3, -0.25) is 19.1 Å². The van der Waals surface area contributed by atoms with E-state index in [0.717, 1.165) is 11.8 Å². The van der Waals surface area contributed by atoms with Crippen molar-refractivity contribution >= 4 is 17.3 Å². The molecule has 0 bridgehead atoms. The summed E-state index contributed by atoms with van der Waals surface area (Å²) in [6.07, 6.45) is 4.75. The van der Waals surface area contributed by atoms with E-state index < -0.39 is 5.60 Å². The summed E-state index contributed by atoms with van der Waals surface area (Å²) in [7, 11) is 0. The predicted octanol–water partition coefficient (Wildman–Crippen LogP) is 2.56. The largest absolute Gasteiger partial charge is 0.388 e. The Hall–Kier alpha value is -3.69. The van der Waals surface area contributed by atoms with E-state index in [0.29, 0.717) is 54.8 Å². The minimum atomic E-state index is -1.02. The summed E-state index contributed by atoms with van der Waals surface area (Å²) >= 11 is 0. The Kier molecular flexibility index (Phi) is 5.80. The first-order valence-corrected chi connectivity index (χ1v) is 11.1. The van der Waals surface area contributed by atoms with Crippen LogP contribution in [0.25, 0.3) is 16.7 Å². The Bertz CT molecular complexity index is 1390. The van der Waals surface area contributed by atoms with Gasteiger partial charge in [0.15, 0.2) is 5.65 Å². The number of carbonyl (C=O) groups is 1. The number of halogens is 1. The second-order valence-electron chi connectivity index (χ2n) is 8.81. The van der Waals surface area contributed by atoms with E-state index in [1.807, 2.05) is 18.2 Å². The monoisotopic (exact) mass is 461 g/mol. The number of fused-ring (bicyclic) bond motifs is 1. The van der Waals surface area contributed by atoms with Crippen LogP contribution in [0.4, 0.5) is 4.39 Å². The maximum absolute atomic E-state index is 13.2. The van der Waals surface area contributed by atoms with E-state index in [9.17, 15) is 19.1 Å². The van der Waals surface area contributed by atoms with E-state index in [1.165, 1.54) is 33.9 Å². The molecule has 9 heteroatoms. The normalized spacial score (nSPS) is 16.1. The number of rotatable bonds is 6. The summed E-state index contributed by atoms with van der Waals surface area (Å²) in [5.74, 6) is -0.357. The van der Waals surface area contributed by atoms with Gasteiger partial charge in [-0.25, -0.2) is 14.1 Å². The van der Waals surface area contributed by atoms with Crippen LogP contribution in [0.3, 0.4) is 0 Å². The van der Waals surface area contributed by atoms with E-state index in [4.69, 9.17) is 0 Å². The molecule has 1 saturated heterocycles. The summed E-state index contributed by atoms with van der Waals surface area (Å²) in [6.45, 7) is 2.20. The third-order valence-electron chi connectivity index (χ3n) is 6.37. The molecule has 0 atom stereocenters. The Balaban J connectivity index is 1.29. The fourth-order valence-electron chi connectivity index (χ4n) is 4.46. The summed E-state index contributed by atoms with van der Waals surface area (Å²) in [6, 6.07) is 13.3. The van der Waals surface area contributed by atoms with Crippen molar-refractivity contribution in [3.8, 4) is 5.69 Å². The van der Waals surface area contributed by atoms with E-state index in [2.05, 4.69) is 15.0 Å². The van der Waals surface area contributed by atoms with Crippen molar-refractivity contribution in [1.82, 2.24) is 24.2 Å². The van der Waals surface area contributed by atoms with Crippen LogP contribution in [0, 0.1) is 5.82 Å². The smallest absolute Gasteiger partial charge is 0.264 e. The summed E-state index contributed by atoms with van der Waals surface area (Å²) < 4.78 is 16.2. The van der Waals surface area contributed by atoms with Crippen molar-refractivity contribution in [2.45, 2.75) is 31.5 Å². The van der Waals surface area contributed by atoms with Crippen LogP contribution < -0.4 is 5.56 Å². The molecule has 0 radical (unpaired) electrons. The molecule has 0 saturated carbocycles. The number of hydrogen-bond donors (Lipinski definition) is 1. The minimum absolute atomic E-state index is 0.144. The fraction of sp³-hybridized carbons (Fsp3) is 0.280. The van der Waals surface area contributed by atoms with Crippen molar-refractivity contribution in [3.05, 3.63) is 88.4 Å². The lowest BCUT2D eigenvalue weighted by molar-refractivity contribution is -0.0364. The molecule has 2 aromatic carbocycles. The number of nitrogens with zero attached hydrogens (tertiary/aromatic N) is 5. The quantitative estimate of drug-likeness (QED) is 0.444. The fourth-order valence-corrected chi connectivity index (χ4v) is 4.46. The number of benzene rings is 2. The molecule has 5 rings (SSSR count). The third-order valence-corrected chi connectivity index (χ3v) is 6.37. The number of aldehydes is 1. The number of aromatic nitrogens is 4. The molecule has 3 heterocycles. The van der Waals surface area contributed by atoms with Crippen molar-refractivity contribution in [3.63, 3.8) is 0 Å². The van der Waals surface area contributed by atoms with Crippen molar-refractivity contribution in [2.75, 3.05) is 13.1 Å². The third kappa shape index (κ3) is 4.40. The molecule has 174 valence electrons. The summed E-state index contributed by atoms with van der Waals surface area (Å²) in [5.41, 5.74) is 1.39. The zero-order valence-corrected chi connectivity index (χ0v) is 18.5. The van der Waals surface area contributed by atoms with Gasteiger partial charge in [-0.15, -0.1) is 0 Å². The molecule has 1 N–H and O–H groups in total. The van der Waals surface area contributed by atoms with Gasteiger partial charge in [0, 0.05) is 25.2 Å². The molecule has 0 spiro atoms. The molecule has 8 nitrogen and oxygen atoms in total. The molecule has 1 aliphatic rings. The molecule has 1 aliphatic heterocycles. The molecule has 0 unspecified atom stereocenters. The molecule has 0 amide bonds. The van der Waals surface area contributed by atoms with Gasteiger partial charge in [0.05, 0.1) is 24.0 Å². The molecular weight excluding hydrogens is 437 g/mol. The minimum Gasteiger partial charge on any atom is -0.388 e. The van der Waals surface area contributed by atoms with Crippen molar-refractivity contribution < 1.29 is 14.3 Å². The highest BCUT2D eigenvalue weighted by Gasteiger charge is 2.33. The first-order valence-electron chi connectivity index (χ1n) is 11.1. The van der Waals surface area contributed by atoms with E-state index >= 15 is 0 Å². The maximum Gasteiger partial charge on any atom is 0.264 e. The lowest BCUT2D eigenvalue weighted by Gasteiger charge is -2.38. The highest BCUT2D eigenvalue weighted by Crippen LogP contribution is 2.25. The zero-order chi connectivity index (χ0) is 23.7. The summed E-state index contributed by atoms with van der Waals surface area (Å²) in [5, 5.41) is 15.8. The van der Waals surface area contributed by atoms with Gasteiger partial charge in [0.2, 0.25) is 0 Å². The second kappa shape index (κ2) is 8.92. The van der Waals surface area contributed by atoms with Gasteiger partial charge in [0.25, 0.3) is 5.56 Å². The SMILES string of the molecule is O=Cc1cccc(CN2CCC(O)(Cn3cnc4c(cnn4-c4ccc(F)cc4)c3=O)CC2)c1. The average Bonchev–Trinajstić information content (AvgIpc) is 3.28. The lowest BCUT2D eigenvalue weighted by Crippen LogP contribution is -2.47. The van der Waals surface area contributed by atoms with Crippen LogP contribution in [0.1, 0.15) is 28.8 Å². The first-order chi connectivity index (χ1) is 16.4. The topological polar surface area (TPSA) is 93.2 Å².